The van der Waals surface area contributed by atoms with Crippen molar-refractivity contribution in [2.24, 2.45) is 5.10 Å². The third-order valence-electron chi connectivity index (χ3n) is 2.54. The third kappa shape index (κ3) is 3.79. The standard InChI is InChI=1S/C13H9Br2N3O3/c14-9-5-8(6-10(15)13(9)19)7-16-17-11-3-1-2-4-12(11)18(20)21/h1-7,17,19H/b16-7+. The molecule has 0 saturated carbocycles. The number of phenols is 1. The molecular weight excluding hydrogens is 406 g/mol. The number of rotatable bonds is 4. The lowest BCUT2D eigenvalue weighted by Crippen LogP contribution is -1.96. The molecule has 21 heavy (non-hydrogen) atoms. The molecule has 0 spiro atoms. The van der Waals surface area contributed by atoms with Crippen LogP contribution in [0, 0.1) is 10.1 Å². The van der Waals surface area contributed by atoms with Gasteiger partial charge in [-0.25, -0.2) is 0 Å². The Hall–Kier alpha value is -1.93. The molecule has 0 bridgehead atoms. The number of hydrazone groups is 1. The Labute approximate surface area is 136 Å². The Bertz CT molecular complexity index is 697. The first-order valence-electron chi connectivity index (χ1n) is 5.69. The van der Waals surface area contributed by atoms with Gasteiger partial charge in [0, 0.05) is 6.07 Å². The monoisotopic (exact) mass is 413 g/mol. The highest BCUT2D eigenvalue weighted by molar-refractivity contribution is 9.11. The minimum absolute atomic E-state index is 0.0530. The Morgan fingerprint density at radius 1 is 1.24 bits per heavy atom. The maximum atomic E-state index is 10.9. The van der Waals surface area contributed by atoms with Gasteiger partial charge in [0.05, 0.1) is 20.1 Å². The van der Waals surface area contributed by atoms with Crippen LogP contribution in [0.4, 0.5) is 11.4 Å². The maximum Gasteiger partial charge on any atom is 0.294 e. The number of nitro benzene ring substituents is 1. The molecule has 0 unspecified atom stereocenters. The Morgan fingerprint density at radius 3 is 2.48 bits per heavy atom. The molecule has 0 aliphatic carbocycles. The summed E-state index contributed by atoms with van der Waals surface area (Å²) in [4.78, 5) is 10.4. The first-order valence-corrected chi connectivity index (χ1v) is 7.28. The highest BCUT2D eigenvalue weighted by Crippen LogP contribution is 2.32. The van der Waals surface area contributed by atoms with E-state index in [4.69, 9.17) is 0 Å². The molecule has 0 atom stereocenters. The first-order chi connectivity index (χ1) is 9.99. The summed E-state index contributed by atoms with van der Waals surface area (Å²) in [5.41, 5.74) is 3.59. The highest BCUT2D eigenvalue weighted by atomic mass is 79.9. The Balaban J connectivity index is 2.19. The molecule has 108 valence electrons. The molecular formula is C13H9Br2N3O3. The van der Waals surface area contributed by atoms with Gasteiger partial charge in [0.1, 0.15) is 11.4 Å². The number of aromatic hydroxyl groups is 1. The van der Waals surface area contributed by atoms with Crippen molar-refractivity contribution < 1.29 is 10.0 Å². The van der Waals surface area contributed by atoms with Crippen LogP contribution in [-0.4, -0.2) is 16.2 Å². The van der Waals surface area contributed by atoms with Crippen LogP contribution >= 0.6 is 31.9 Å². The van der Waals surface area contributed by atoms with E-state index in [0.717, 1.165) is 0 Å². The average molecular weight is 415 g/mol. The van der Waals surface area contributed by atoms with Crippen molar-refractivity contribution in [1.29, 1.82) is 0 Å². The molecule has 2 aromatic rings. The molecule has 0 amide bonds. The molecule has 8 heteroatoms. The number of anilines is 1. The number of benzene rings is 2. The summed E-state index contributed by atoms with van der Waals surface area (Å²) in [6, 6.07) is 9.57. The number of nitrogens with one attached hydrogen (secondary N) is 1. The number of hydrogen-bond donors (Lipinski definition) is 2. The lowest BCUT2D eigenvalue weighted by Gasteiger charge is -2.03. The fourth-order valence-electron chi connectivity index (χ4n) is 1.56. The van der Waals surface area contributed by atoms with E-state index in [0.29, 0.717) is 20.2 Å². The van der Waals surface area contributed by atoms with Gasteiger partial charge in [0.25, 0.3) is 5.69 Å². The lowest BCUT2D eigenvalue weighted by atomic mass is 10.2. The van der Waals surface area contributed by atoms with Crippen molar-refractivity contribution in [2.45, 2.75) is 0 Å². The number of halogens is 2. The van der Waals surface area contributed by atoms with Crippen LogP contribution in [0.1, 0.15) is 5.56 Å². The summed E-state index contributed by atoms with van der Waals surface area (Å²) in [6.07, 6.45) is 1.49. The average Bonchev–Trinajstić information content (AvgIpc) is 2.45. The van der Waals surface area contributed by atoms with Crippen LogP contribution in [-0.2, 0) is 0 Å². The van der Waals surface area contributed by atoms with Crippen molar-refractivity contribution in [3.05, 3.63) is 61.0 Å². The van der Waals surface area contributed by atoms with Gasteiger partial charge in [0.15, 0.2) is 0 Å². The predicted octanol–water partition coefficient (Wildman–Crippen LogP) is 4.27. The van der Waals surface area contributed by atoms with Gasteiger partial charge in [-0.05, 0) is 55.6 Å². The molecule has 2 rings (SSSR count). The van der Waals surface area contributed by atoms with Gasteiger partial charge < -0.3 is 5.11 Å². The minimum Gasteiger partial charge on any atom is -0.506 e. The fraction of sp³-hybridized carbons (Fsp3) is 0. The van der Waals surface area contributed by atoms with Gasteiger partial charge in [-0.2, -0.15) is 5.10 Å². The Morgan fingerprint density at radius 2 is 1.86 bits per heavy atom. The molecule has 0 fully saturated rings. The summed E-state index contributed by atoms with van der Waals surface area (Å²) >= 11 is 6.43. The summed E-state index contributed by atoms with van der Waals surface area (Å²) in [5.74, 6) is 0.0961. The molecule has 2 aromatic carbocycles. The zero-order valence-electron chi connectivity index (χ0n) is 10.5. The maximum absolute atomic E-state index is 10.9. The van der Waals surface area contributed by atoms with Crippen molar-refractivity contribution in [1.82, 2.24) is 0 Å². The number of para-hydroxylation sites is 2. The zero-order valence-corrected chi connectivity index (χ0v) is 13.6. The quantitative estimate of drug-likeness (QED) is 0.444. The number of hydrogen-bond acceptors (Lipinski definition) is 5. The van der Waals surface area contributed by atoms with Gasteiger partial charge in [-0.3, -0.25) is 15.5 Å². The second-order valence-corrected chi connectivity index (χ2v) is 5.69. The van der Waals surface area contributed by atoms with E-state index >= 15 is 0 Å². The van der Waals surface area contributed by atoms with E-state index < -0.39 is 4.92 Å². The van der Waals surface area contributed by atoms with Gasteiger partial charge in [-0.1, -0.05) is 12.1 Å². The largest absolute Gasteiger partial charge is 0.506 e. The Kier molecular flexibility index (Phi) is 4.92. The molecule has 0 heterocycles. The van der Waals surface area contributed by atoms with E-state index in [1.54, 1.807) is 30.3 Å². The summed E-state index contributed by atoms with van der Waals surface area (Å²) in [7, 11) is 0. The van der Waals surface area contributed by atoms with Crippen LogP contribution in [0.15, 0.2) is 50.4 Å². The van der Waals surface area contributed by atoms with Gasteiger partial charge >= 0.3 is 0 Å². The summed E-state index contributed by atoms with van der Waals surface area (Å²) in [5, 5.41) is 24.4. The summed E-state index contributed by atoms with van der Waals surface area (Å²) < 4.78 is 1.04. The van der Waals surface area contributed by atoms with Crippen molar-refractivity contribution in [3.63, 3.8) is 0 Å². The fourth-order valence-corrected chi connectivity index (χ4v) is 2.79. The highest BCUT2D eigenvalue weighted by Gasteiger charge is 2.11. The van der Waals surface area contributed by atoms with Crippen molar-refractivity contribution in [3.8, 4) is 5.75 Å². The number of phenolic OH excluding ortho intramolecular Hbond substituents is 1. The van der Waals surface area contributed by atoms with Crippen LogP contribution < -0.4 is 5.43 Å². The van der Waals surface area contributed by atoms with E-state index in [1.807, 2.05) is 0 Å². The first kappa shape index (κ1) is 15.5. The van der Waals surface area contributed by atoms with Crippen LogP contribution in [0.5, 0.6) is 5.75 Å². The smallest absolute Gasteiger partial charge is 0.294 e. The van der Waals surface area contributed by atoms with Crippen LogP contribution in [0.2, 0.25) is 0 Å². The van der Waals surface area contributed by atoms with E-state index in [9.17, 15) is 15.2 Å². The number of nitrogens with zero attached hydrogens (tertiary/aromatic N) is 2. The van der Waals surface area contributed by atoms with E-state index in [2.05, 4.69) is 42.4 Å². The van der Waals surface area contributed by atoms with E-state index in [-0.39, 0.29) is 11.4 Å². The normalized spacial score (nSPS) is 10.8. The van der Waals surface area contributed by atoms with Crippen LogP contribution in [0.25, 0.3) is 0 Å². The van der Waals surface area contributed by atoms with Crippen molar-refractivity contribution >= 4 is 49.4 Å². The molecule has 0 aromatic heterocycles. The van der Waals surface area contributed by atoms with Gasteiger partial charge in [0.2, 0.25) is 0 Å². The zero-order chi connectivity index (χ0) is 15.4. The molecule has 0 aliphatic heterocycles. The SMILES string of the molecule is O=[N+]([O-])c1ccccc1N/N=C/c1cc(Br)c(O)c(Br)c1. The van der Waals surface area contributed by atoms with Crippen molar-refractivity contribution in [2.75, 3.05) is 5.43 Å². The second kappa shape index (κ2) is 6.68. The third-order valence-corrected chi connectivity index (χ3v) is 3.75. The second-order valence-electron chi connectivity index (χ2n) is 3.98. The predicted molar refractivity (Wildman–Crippen MR) is 87.8 cm³/mol. The molecule has 0 saturated heterocycles. The topological polar surface area (TPSA) is 87.8 Å². The molecule has 0 aliphatic rings. The van der Waals surface area contributed by atoms with Crippen LogP contribution in [0.3, 0.4) is 0 Å². The molecule has 0 radical (unpaired) electrons. The van der Waals surface area contributed by atoms with E-state index in [1.165, 1.54) is 12.3 Å². The number of nitro groups is 1. The molecule has 2 N–H and O–H groups in total. The summed E-state index contributed by atoms with van der Waals surface area (Å²) in [6.45, 7) is 0. The minimum atomic E-state index is -0.481. The molecule has 6 nitrogen and oxygen atoms in total. The lowest BCUT2D eigenvalue weighted by molar-refractivity contribution is -0.384. The van der Waals surface area contributed by atoms with Gasteiger partial charge in [-0.15, -0.1) is 0 Å².